The molecular formula is C19H17ClN2O4S2. The highest BCUT2D eigenvalue weighted by Crippen LogP contribution is 2.28. The SMILES string of the molecule is O=S(=O)(NCC(c1cccnc1)S(=O)(=O)c1ccccc1)c1cccc(Cl)c1. The molecule has 0 amide bonds. The van der Waals surface area contributed by atoms with E-state index < -0.39 is 25.1 Å². The minimum absolute atomic E-state index is 0.0398. The molecular weight excluding hydrogens is 420 g/mol. The zero-order valence-corrected chi connectivity index (χ0v) is 17.0. The van der Waals surface area contributed by atoms with Crippen molar-refractivity contribution in [2.24, 2.45) is 0 Å². The minimum Gasteiger partial charge on any atom is -0.264 e. The van der Waals surface area contributed by atoms with Gasteiger partial charge in [0.15, 0.2) is 9.84 Å². The maximum absolute atomic E-state index is 13.2. The number of hydrogen-bond donors (Lipinski definition) is 1. The molecule has 9 heteroatoms. The van der Waals surface area contributed by atoms with Gasteiger partial charge in [0.1, 0.15) is 5.25 Å². The Hall–Kier alpha value is -2.26. The Labute approximate surface area is 169 Å². The van der Waals surface area contributed by atoms with Crippen molar-refractivity contribution in [3.8, 4) is 0 Å². The van der Waals surface area contributed by atoms with E-state index in [-0.39, 0.29) is 21.4 Å². The number of halogens is 1. The predicted octanol–water partition coefficient (Wildman–Crippen LogP) is 3.23. The Morgan fingerprint density at radius 3 is 2.25 bits per heavy atom. The first-order chi connectivity index (χ1) is 13.3. The van der Waals surface area contributed by atoms with Gasteiger partial charge in [0.05, 0.1) is 9.79 Å². The van der Waals surface area contributed by atoms with Gasteiger partial charge in [-0.25, -0.2) is 21.6 Å². The first-order valence-corrected chi connectivity index (χ1v) is 11.7. The number of nitrogens with zero attached hydrogens (tertiary/aromatic N) is 1. The van der Waals surface area contributed by atoms with Gasteiger partial charge in [-0.05, 0) is 42.0 Å². The lowest BCUT2D eigenvalue weighted by Crippen LogP contribution is -2.32. The molecule has 146 valence electrons. The minimum atomic E-state index is -3.95. The largest absolute Gasteiger partial charge is 0.264 e. The van der Waals surface area contributed by atoms with Crippen molar-refractivity contribution < 1.29 is 16.8 Å². The van der Waals surface area contributed by atoms with Crippen LogP contribution in [0.25, 0.3) is 0 Å². The van der Waals surface area contributed by atoms with Crippen LogP contribution in [-0.2, 0) is 19.9 Å². The molecule has 28 heavy (non-hydrogen) atoms. The standard InChI is InChI=1S/C19H17ClN2O4S2/c20-16-7-4-10-18(12-16)28(25,26)22-14-19(15-6-5-11-21-13-15)27(23,24)17-8-2-1-3-9-17/h1-13,19,22H,14H2. The Morgan fingerprint density at radius 1 is 0.893 bits per heavy atom. The average Bonchev–Trinajstić information content (AvgIpc) is 2.69. The summed E-state index contributed by atoms with van der Waals surface area (Å²) in [6.45, 7) is -0.349. The predicted molar refractivity (Wildman–Crippen MR) is 107 cm³/mol. The van der Waals surface area contributed by atoms with Crippen molar-refractivity contribution in [3.05, 3.63) is 89.7 Å². The molecule has 2 aromatic carbocycles. The zero-order valence-electron chi connectivity index (χ0n) is 14.6. The quantitative estimate of drug-likeness (QED) is 0.613. The summed E-state index contributed by atoms with van der Waals surface area (Å²) >= 11 is 5.87. The van der Waals surface area contributed by atoms with Crippen LogP contribution in [0.5, 0.6) is 0 Å². The molecule has 3 aromatic rings. The van der Waals surface area contributed by atoms with Crippen molar-refractivity contribution in [2.75, 3.05) is 6.54 Å². The van der Waals surface area contributed by atoms with Crippen LogP contribution in [0.15, 0.2) is 88.9 Å². The van der Waals surface area contributed by atoms with Crippen LogP contribution in [0.3, 0.4) is 0 Å². The molecule has 3 rings (SSSR count). The molecule has 0 fully saturated rings. The first kappa shape index (κ1) is 20.5. The lowest BCUT2D eigenvalue weighted by Gasteiger charge is -2.19. The van der Waals surface area contributed by atoms with E-state index in [0.29, 0.717) is 5.56 Å². The number of pyridine rings is 1. The fourth-order valence-electron chi connectivity index (χ4n) is 2.65. The third kappa shape index (κ3) is 4.59. The van der Waals surface area contributed by atoms with Gasteiger partial charge in [0, 0.05) is 24.0 Å². The second kappa shape index (κ2) is 8.40. The lowest BCUT2D eigenvalue weighted by atomic mass is 10.2. The molecule has 1 heterocycles. The van der Waals surface area contributed by atoms with Gasteiger partial charge in [-0.1, -0.05) is 41.9 Å². The zero-order chi connectivity index (χ0) is 20.2. The van der Waals surface area contributed by atoms with Gasteiger partial charge in [-0.2, -0.15) is 0 Å². The third-order valence-corrected chi connectivity index (χ3v) is 7.84. The van der Waals surface area contributed by atoms with Gasteiger partial charge < -0.3 is 0 Å². The fourth-order valence-corrected chi connectivity index (χ4v) is 5.77. The summed E-state index contributed by atoms with van der Waals surface area (Å²) in [4.78, 5) is 4.03. The molecule has 6 nitrogen and oxygen atoms in total. The topological polar surface area (TPSA) is 93.2 Å². The molecule has 1 atom stereocenters. The van der Waals surface area contributed by atoms with Crippen LogP contribution in [0.1, 0.15) is 10.8 Å². The Bertz CT molecular complexity index is 1150. The molecule has 1 unspecified atom stereocenters. The normalized spacial score (nSPS) is 13.2. The van der Waals surface area contributed by atoms with E-state index in [4.69, 9.17) is 11.6 Å². The molecule has 0 bridgehead atoms. The maximum Gasteiger partial charge on any atom is 0.240 e. The highest BCUT2D eigenvalue weighted by atomic mass is 35.5. The van der Waals surface area contributed by atoms with Gasteiger partial charge in [0.2, 0.25) is 10.0 Å². The number of hydrogen-bond acceptors (Lipinski definition) is 5. The molecule has 1 N–H and O–H groups in total. The smallest absolute Gasteiger partial charge is 0.240 e. The average molecular weight is 437 g/mol. The number of rotatable bonds is 7. The molecule has 0 radical (unpaired) electrons. The highest BCUT2D eigenvalue weighted by molar-refractivity contribution is 7.92. The summed E-state index contributed by atoms with van der Waals surface area (Å²) in [6, 6.07) is 16.9. The summed E-state index contributed by atoms with van der Waals surface area (Å²) in [5.74, 6) is 0. The van der Waals surface area contributed by atoms with E-state index in [1.54, 1.807) is 36.4 Å². The molecule has 0 aliphatic heterocycles. The summed E-state index contributed by atoms with van der Waals surface area (Å²) in [5, 5.41) is -0.874. The number of sulfonamides is 1. The molecule has 0 aliphatic carbocycles. The summed E-state index contributed by atoms with van der Waals surface area (Å²) in [6.07, 6.45) is 2.94. The van der Waals surface area contributed by atoms with Gasteiger partial charge >= 0.3 is 0 Å². The molecule has 0 saturated heterocycles. The van der Waals surface area contributed by atoms with Crippen LogP contribution in [-0.4, -0.2) is 28.4 Å². The monoisotopic (exact) mass is 436 g/mol. The fraction of sp³-hybridized carbons (Fsp3) is 0.105. The van der Waals surface area contributed by atoms with E-state index >= 15 is 0 Å². The number of nitrogens with one attached hydrogen (secondary N) is 1. The van der Waals surface area contributed by atoms with Crippen LogP contribution in [0.4, 0.5) is 0 Å². The number of aromatic nitrogens is 1. The van der Waals surface area contributed by atoms with Crippen LogP contribution >= 0.6 is 11.6 Å². The van der Waals surface area contributed by atoms with E-state index in [1.165, 1.54) is 42.7 Å². The van der Waals surface area contributed by atoms with Crippen LogP contribution in [0, 0.1) is 0 Å². The third-order valence-electron chi connectivity index (χ3n) is 4.07. The Balaban J connectivity index is 1.95. The number of benzene rings is 2. The van der Waals surface area contributed by atoms with Crippen LogP contribution < -0.4 is 4.72 Å². The second-order valence-corrected chi connectivity index (χ2v) is 10.3. The second-order valence-electron chi connectivity index (χ2n) is 5.94. The van der Waals surface area contributed by atoms with Gasteiger partial charge in [0.25, 0.3) is 0 Å². The molecule has 0 aliphatic rings. The summed E-state index contributed by atoms with van der Waals surface area (Å²) in [7, 11) is -7.81. The molecule has 0 spiro atoms. The number of sulfone groups is 1. The van der Waals surface area contributed by atoms with Gasteiger partial charge in [-0.3, -0.25) is 4.98 Å². The highest BCUT2D eigenvalue weighted by Gasteiger charge is 2.31. The van der Waals surface area contributed by atoms with E-state index in [2.05, 4.69) is 9.71 Å². The van der Waals surface area contributed by atoms with Crippen molar-refractivity contribution in [1.82, 2.24) is 9.71 Å². The molecule has 0 saturated carbocycles. The molecule has 1 aromatic heterocycles. The Morgan fingerprint density at radius 2 is 1.61 bits per heavy atom. The van der Waals surface area contributed by atoms with Crippen molar-refractivity contribution in [3.63, 3.8) is 0 Å². The van der Waals surface area contributed by atoms with E-state index in [1.807, 2.05) is 0 Å². The first-order valence-electron chi connectivity index (χ1n) is 8.25. The van der Waals surface area contributed by atoms with Crippen molar-refractivity contribution in [2.45, 2.75) is 15.0 Å². The van der Waals surface area contributed by atoms with Crippen molar-refractivity contribution in [1.29, 1.82) is 0 Å². The van der Waals surface area contributed by atoms with E-state index in [9.17, 15) is 16.8 Å². The van der Waals surface area contributed by atoms with Crippen LogP contribution in [0.2, 0.25) is 5.02 Å². The maximum atomic E-state index is 13.2. The van der Waals surface area contributed by atoms with E-state index in [0.717, 1.165) is 0 Å². The summed E-state index contributed by atoms with van der Waals surface area (Å²) < 4.78 is 53.9. The Kier molecular flexibility index (Phi) is 6.14. The van der Waals surface area contributed by atoms with Crippen molar-refractivity contribution >= 4 is 31.5 Å². The summed E-state index contributed by atoms with van der Waals surface area (Å²) in [5.41, 5.74) is 0.389. The lowest BCUT2D eigenvalue weighted by molar-refractivity contribution is 0.568. The van der Waals surface area contributed by atoms with Gasteiger partial charge in [-0.15, -0.1) is 0 Å².